The first-order chi connectivity index (χ1) is 14.0. The maximum Gasteiger partial charge on any atom is 0.228 e. The van der Waals surface area contributed by atoms with E-state index >= 15 is 0 Å². The van der Waals surface area contributed by atoms with Crippen LogP contribution in [-0.4, -0.2) is 5.91 Å². The Bertz CT molecular complexity index is 1030. The third-order valence-electron chi connectivity index (χ3n) is 4.50. The van der Waals surface area contributed by atoms with E-state index in [0.29, 0.717) is 13.0 Å². The Labute approximate surface area is 171 Å². The van der Waals surface area contributed by atoms with Crippen molar-refractivity contribution in [2.75, 3.05) is 10.2 Å². The van der Waals surface area contributed by atoms with Gasteiger partial charge >= 0.3 is 0 Å². The van der Waals surface area contributed by atoms with Crippen LogP contribution in [0.4, 0.5) is 15.8 Å². The average molecular weight is 386 g/mol. The zero-order valence-corrected chi connectivity index (χ0v) is 16.6. The van der Waals surface area contributed by atoms with E-state index in [1.165, 1.54) is 12.1 Å². The summed E-state index contributed by atoms with van der Waals surface area (Å²) in [5, 5.41) is 2.98. The standard InChI is InChI=1S/C25H23FN2O/c1-3-15-28(18-21-9-11-22(26)12-10-21)23-13-14-24(19(2)16-23)27-25(29)17-20-7-5-4-6-8-20/h4-14,16H,17-18H2,1-2H3,(H,27,29). The summed E-state index contributed by atoms with van der Waals surface area (Å²) >= 11 is 0. The molecule has 3 aromatic rings. The molecule has 0 aromatic heterocycles. The highest BCUT2D eigenvalue weighted by atomic mass is 19.1. The number of nitrogens with one attached hydrogen (secondary N) is 1. The van der Waals surface area contributed by atoms with Crippen LogP contribution in [0.25, 0.3) is 0 Å². The minimum atomic E-state index is -0.256. The second kappa shape index (κ2) is 9.57. The molecule has 1 N–H and O–H groups in total. The van der Waals surface area contributed by atoms with E-state index in [-0.39, 0.29) is 11.7 Å². The lowest BCUT2D eigenvalue weighted by Crippen LogP contribution is -2.17. The normalized spacial score (nSPS) is 10.0. The highest BCUT2D eigenvalue weighted by Crippen LogP contribution is 2.24. The van der Waals surface area contributed by atoms with E-state index in [1.54, 1.807) is 19.1 Å². The molecule has 0 spiro atoms. The molecule has 146 valence electrons. The van der Waals surface area contributed by atoms with E-state index in [9.17, 15) is 9.18 Å². The van der Waals surface area contributed by atoms with Crippen LogP contribution < -0.4 is 10.2 Å². The molecule has 3 nitrogen and oxygen atoms in total. The summed E-state index contributed by atoms with van der Waals surface area (Å²) in [4.78, 5) is 14.3. The van der Waals surface area contributed by atoms with E-state index in [4.69, 9.17) is 0 Å². The first kappa shape index (κ1) is 20.2. The quantitative estimate of drug-likeness (QED) is 0.460. The number of carbonyl (C=O) groups excluding carboxylic acids is 1. The minimum Gasteiger partial charge on any atom is -0.326 e. The molecule has 29 heavy (non-hydrogen) atoms. The predicted molar refractivity (Wildman–Crippen MR) is 116 cm³/mol. The van der Waals surface area contributed by atoms with Gasteiger partial charge in [0.05, 0.1) is 13.0 Å². The SMILES string of the molecule is CC#CN(Cc1ccc(F)cc1)c1ccc(NC(=O)Cc2ccccc2)c(C)c1. The molecule has 0 heterocycles. The number of aryl methyl sites for hydroxylation is 1. The zero-order chi connectivity index (χ0) is 20.6. The lowest BCUT2D eigenvalue weighted by molar-refractivity contribution is -0.115. The van der Waals surface area contributed by atoms with E-state index < -0.39 is 0 Å². The number of hydrogen-bond acceptors (Lipinski definition) is 2. The van der Waals surface area contributed by atoms with Gasteiger partial charge in [-0.05, 0) is 60.9 Å². The van der Waals surface area contributed by atoms with Gasteiger partial charge in [-0.1, -0.05) is 48.4 Å². The fraction of sp³-hybridized carbons (Fsp3) is 0.160. The maximum absolute atomic E-state index is 13.2. The van der Waals surface area contributed by atoms with E-state index in [1.807, 2.05) is 60.4 Å². The molecule has 0 aliphatic carbocycles. The maximum atomic E-state index is 13.2. The summed E-state index contributed by atoms with van der Waals surface area (Å²) in [5.74, 6) is 2.62. The molecule has 3 aromatic carbocycles. The first-order valence-corrected chi connectivity index (χ1v) is 9.44. The summed E-state index contributed by atoms with van der Waals surface area (Å²) in [6, 6.07) is 25.0. The van der Waals surface area contributed by atoms with Crippen molar-refractivity contribution >= 4 is 17.3 Å². The molecule has 0 radical (unpaired) electrons. The third kappa shape index (κ3) is 5.70. The van der Waals surface area contributed by atoms with Crippen molar-refractivity contribution in [1.29, 1.82) is 0 Å². The van der Waals surface area contributed by atoms with Gasteiger partial charge in [-0.3, -0.25) is 9.69 Å². The third-order valence-corrected chi connectivity index (χ3v) is 4.50. The van der Waals surface area contributed by atoms with Crippen LogP contribution in [0.1, 0.15) is 23.6 Å². The number of rotatable bonds is 6. The molecular weight excluding hydrogens is 363 g/mol. The largest absolute Gasteiger partial charge is 0.326 e. The molecule has 1 amide bonds. The molecular formula is C25H23FN2O. The van der Waals surface area contributed by atoms with Gasteiger partial charge < -0.3 is 5.32 Å². The Kier molecular flexibility index (Phi) is 6.65. The first-order valence-electron chi connectivity index (χ1n) is 9.44. The van der Waals surface area contributed by atoms with Crippen LogP contribution in [-0.2, 0) is 17.8 Å². The Hall–Kier alpha value is -3.58. The fourth-order valence-corrected chi connectivity index (χ4v) is 3.03. The van der Waals surface area contributed by atoms with Gasteiger partial charge in [0.15, 0.2) is 0 Å². The number of hydrogen-bond donors (Lipinski definition) is 1. The van der Waals surface area contributed by atoms with Crippen LogP contribution in [0.3, 0.4) is 0 Å². The van der Waals surface area contributed by atoms with Crippen molar-refractivity contribution < 1.29 is 9.18 Å². The fourth-order valence-electron chi connectivity index (χ4n) is 3.03. The Morgan fingerprint density at radius 2 is 1.72 bits per heavy atom. The van der Waals surface area contributed by atoms with Gasteiger partial charge in [-0.15, -0.1) is 0 Å². The van der Waals surface area contributed by atoms with Gasteiger partial charge in [0.1, 0.15) is 5.82 Å². The van der Waals surface area contributed by atoms with Crippen molar-refractivity contribution in [3.8, 4) is 12.0 Å². The molecule has 0 saturated carbocycles. The van der Waals surface area contributed by atoms with Crippen LogP contribution in [0.15, 0.2) is 72.8 Å². The highest BCUT2D eigenvalue weighted by molar-refractivity contribution is 5.93. The summed E-state index contributed by atoms with van der Waals surface area (Å²) in [5.41, 5.74) is 4.59. The summed E-state index contributed by atoms with van der Waals surface area (Å²) in [7, 11) is 0. The van der Waals surface area contributed by atoms with Crippen molar-refractivity contribution in [3.05, 3.63) is 95.3 Å². The van der Waals surface area contributed by atoms with Crippen LogP contribution in [0.2, 0.25) is 0 Å². The molecule has 0 fully saturated rings. The van der Waals surface area contributed by atoms with Crippen molar-refractivity contribution in [2.45, 2.75) is 26.8 Å². The number of nitrogens with zero attached hydrogens (tertiary/aromatic N) is 1. The van der Waals surface area contributed by atoms with Crippen LogP contribution >= 0.6 is 0 Å². The van der Waals surface area contributed by atoms with Gasteiger partial charge in [0, 0.05) is 17.4 Å². The van der Waals surface area contributed by atoms with Gasteiger partial charge in [-0.2, -0.15) is 0 Å². The number of amides is 1. The second-order valence-corrected chi connectivity index (χ2v) is 6.78. The van der Waals surface area contributed by atoms with Gasteiger partial charge in [0.2, 0.25) is 5.91 Å². The van der Waals surface area contributed by atoms with Crippen molar-refractivity contribution in [3.63, 3.8) is 0 Å². The Morgan fingerprint density at radius 1 is 1.00 bits per heavy atom. The predicted octanol–water partition coefficient (Wildman–Crippen LogP) is 5.30. The smallest absolute Gasteiger partial charge is 0.228 e. The van der Waals surface area contributed by atoms with Crippen LogP contribution in [0.5, 0.6) is 0 Å². The van der Waals surface area contributed by atoms with Crippen LogP contribution in [0, 0.1) is 24.7 Å². The number of benzene rings is 3. The zero-order valence-electron chi connectivity index (χ0n) is 16.6. The molecule has 0 atom stereocenters. The van der Waals surface area contributed by atoms with E-state index in [2.05, 4.69) is 17.3 Å². The van der Waals surface area contributed by atoms with E-state index in [0.717, 1.165) is 28.1 Å². The topological polar surface area (TPSA) is 32.3 Å². The molecule has 3 rings (SSSR count). The summed E-state index contributed by atoms with van der Waals surface area (Å²) in [6.45, 7) is 4.28. The molecule has 0 saturated heterocycles. The Morgan fingerprint density at radius 3 is 2.38 bits per heavy atom. The summed E-state index contributed by atoms with van der Waals surface area (Å²) in [6.07, 6.45) is 0.333. The highest BCUT2D eigenvalue weighted by Gasteiger charge is 2.10. The van der Waals surface area contributed by atoms with Gasteiger partial charge in [0.25, 0.3) is 0 Å². The molecule has 4 heteroatoms. The van der Waals surface area contributed by atoms with Gasteiger partial charge in [-0.25, -0.2) is 4.39 Å². The number of carbonyl (C=O) groups is 1. The van der Waals surface area contributed by atoms with Crippen molar-refractivity contribution in [1.82, 2.24) is 0 Å². The molecule has 0 aliphatic rings. The molecule has 0 aliphatic heterocycles. The lowest BCUT2D eigenvalue weighted by Gasteiger charge is -2.20. The summed E-state index contributed by atoms with van der Waals surface area (Å²) < 4.78 is 13.2. The second-order valence-electron chi connectivity index (χ2n) is 6.78. The Balaban J connectivity index is 1.72. The van der Waals surface area contributed by atoms with Crippen molar-refractivity contribution in [2.24, 2.45) is 0 Å². The monoisotopic (exact) mass is 386 g/mol. The number of halogens is 1. The lowest BCUT2D eigenvalue weighted by atomic mass is 10.1. The minimum absolute atomic E-state index is 0.0523. The molecule has 0 unspecified atom stereocenters. The average Bonchev–Trinajstić information content (AvgIpc) is 2.71. The molecule has 0 bridgehead atoms. The number of anilines is 2.